The summed E-state index contributed by atoms with van der Waals surface area (Å²) < 4.78 is 0.620. The summed E-state index contributed by atoms with van der Waals surface area (Å²) in [5.41, 5.74) is 7.33. The maximum Gasteiger partial charge on any atom is -0.147 e. The van der Waals surface area contributed by atoms with Gasteiger partial charge in [-0.1, -0.05) is 0 Å². The smallest absolute Gasteiger partial charge is 0.147 e. The molecule has 1 aliphatic carbocycles. The van der Waals surface area contributed by atoms with Crippen LogP contribution in [-0.2, 0) is 20.4 Å². The van der Waals surface area contributed by atoms with Gasteiger partial charge in [-0.3, -0.25) is 0 Å². The van der Waals surface area contributed by atoms with E-state index in [0.717, 1.165) is 0 Å². The molecule has 0 saturated carbocycles. The number of fused-ring (bicyclic) bond motifs is 1. The molecule has 0 aromatic heterocycles. The Balaban J connectivity index is 0.000000980. The molecule has 1 unspecified atom stereocenters. The van der Waals surface area contributed by atoms with Crippen LogP contribution in [0.2, 0.25) is 0 Å². The average molecular weight is 278 g/mol. The van der Waals surface area contributed by atoms with Gasteiger partial charge in [-0.2, -0.15) is 0 Å². The van der Waals surface area contributed by atoms with Gasteiger partial charge in [0.15, 0.2) is 0 Å². The Morgan fingerprint density at radius 2 is 1.53 bits per heavy atom. The first-order valence-corrected chi connectivity index (χ1v) is 5.51. The minimum absolute atomic E-state index is 0. The molecule has 0 nitrogen and oxygen atoms in total. The van der Waals surface area contributed by atoms with E-state index >= 15 is 0 Å². The van der Waals surface area contributed by atoms with Crippen LogP contribution in [-0.4, -0.2) is 0 Å². The second-order valence-corrected chi connectivity index (χ2v) is 4.75. The number of rotatable bonds is 0. The van der Waals surface area contributed by atoms with Crippen molar-refractivity contribution in [3.05, 3.63) is 40.0 Å². The van der Waals surface area contributed by atoms with Crippen molar-refractivity contribution in [2.24, 2.45) is 0 Å². The first-order valence-electron chi connectivity index (χ1n) is 4.60. The Morgan fingerprint density at radius 1 is 1.00 bits per heavy atom. The van der Waals surface area contributed by atoms with Crippen molar-refractivity contribution in [2.75, 3.05) is 0 Å². The van der Waals surface area contributed by atoms with Crippen molar-refractivity contribution < 1.29 is 20.4 Å². The maximum absolute atomic E-state index is 2.34. The molecule has 0 heterocycles. The van der Waals surface area contributed by atoms with E-state index in [4.69, 9.17) is 0 Å². The van der Waals surface area contributed by atoms with Gasteiger partial charge in [0, 0.05) is 0 Å². The van der Waals surface area contributed by atoms with Crippen molar-refractivity contribution in [1.82, 2.24) is 0 Å². The first-order chi connectivity index (χ1) is 6.11. The molecule has 0 N–H and O–H groups in total. The van der Waals surface area contributed by atoms with E-state index in [1.807, 2.05) is 0 Å². The van der Waals surface area contributed by atoms with Gasteiger partial charge in [0.25, 0.3) is 0 Å². The molecule has 0 aliphatic heterocycles. The zero-order valence-electron chi connectivity index (χ0n) is 9.13. The number of hydrogen-bond acceptors (Lipinski definition) is 0. The van der Waals surface area contributed by atoms with Gasteiger partial charge in [-0.25, -0.2) is 0 Å². The second-order valence-electron chi connectivity index (χ2n) is 3.85. The summed E-state index contributed by atoms with van der Waals surface area (Å²) in [6.07, 6.45) is 2.34. The van der Waals surface area contributed by atoms with E-state index in [9.17, 15) is 0 Å². The summed E-state index contributed by atoms with van der Waals surface area (Å²) in [4.78, 5) is 0. The Morgan fingerprint density at radius 3 is 2.07 bits per heavy atom. The fourth-order valence-electron chi connectivity index (χ4n) is 1.97. The first kappa shape index (κ1) is 15.3. The molecule has 1 atom stereocenters. The summed E-state index contributed by atoms with van der Waals surface area (Å²) in [7, 11) is 0. The molecule has 0 spiro atoms. The Kier molecular flexibility index (Phi) is 5.64. The van der Waals surface area contributed by atoms with Crippen LogP contribution in [0.15, 0.2) is 17.7 Å². The van der Waals surface area contributed by atoms with Crippen LogP contribution in [0.3, 0.4) is 0 Å². The van der Waals surface area contributed by atoms with E-state index in [0.29, 0.717) is 4.22 Å². The molecule has 2 rings (SSSR count). The van der Waals surface area contributed by atoms with Crippen LogP contribution in [0, 0.1) is 13.8 Å². The summed E-state index contributed by atoms with van der Waals surface area (Å²) in [6.45, 7) is 6.63. The van der Waals surface area contributed by atoms with Gasteiger partial charge in [0.1, 0.15) is 0 Å². The van der Waals surface area contributed by atoms with Gasteiger partial charge in [-0.15, -0.1) is 24.8 Å². The molecule has 0 fully saturated rings. The van der Waals surface area contributed by atoms with Gasteiger partial charge in [-0.05, 0) is 0 Å². The molecule has 1 aromatic carbocycles. The number of hydrogen-bond donors (Lipinski definition) is 0. The molecular formula is C12H15Cl2Ti. The standard InChI is InChI=1S/C12H13.2ClH.Ti/c1-8-6-11-9(2)4-5-10(3)12(11)7-8;;;/h4-7H,1-3H3;2*1H;. The molecule has 0 bridgehead atoms. The zero-order chi connectivity index (χ0) is 9.59. The van der Waals surface area contributed by atoms with Crippen LogP contribution >= 0.6 is 24.8 Å². The average Bonchev–Trinajstić information content (AvgIpc) is 2.38. The van der Waals surface area contributed by atoms with Crippen LogP contribution < -0.4 is 0 Å². The Labute approximate surface area is 116 Å². The Hall–Kier alpha value is 0.254. The Bertz CT molecular complexity index is 397. The molecule has 0 amide bonds. The van der Waals surface area contributed by atoms with Crippen LogP contribution in [0.1, 0.15) is 33.4 Å². The largest absolute Gasteiger partial charge is 0.147 e. The van der Waals surface area contributed by atoms with E-state index in [-0.39, 0.29) is 24.8 Å². The van der Waals surface area contributed by atoms with Crippen LogP contribution in [0.25, 0.3) is 6.08 Å². The monoisotopic (exact) mass is 277 g/mol. The van der Waals surface area contributed by atoms with Crippen molar-refractivity contribution in [2.45, 2.75) is 25.0 Å². The van der Waals surface area contributed by atoms with E-state index < -0.39 is 0 Å². The summed E-state index contributed by atoms with van der Waals surface area (Å²) in [6, 6.07) is 4.45. The molecule has 1 aliphatic rings. The van der Waals surface area contributed by atoms with Gasteiger partial charge in [0.2, 0.25) is 0 Å². The quantitative estimate of drug-likeness (QED) is 0.625. The molecule has 1 aromatic rings. The van der Waals surface area contributed by atoms with Crippen LogP contribution in [0.4, 0.5) is 0 Å². The molecule has 0 saturated heterocycles. The predicted molar refractivity (Wildman–Crippen MR) is 66.8 cm³/mol. The van der Waals surface area contributed by atoms with Gasteiger partial charge in [0.05, 0.1) is 0 Å². The zero-order valence-corrected chi connectivity index (χ0v) is 12.3. The number of aryl methyl sites for hydroxylation is 2. The van der Waals surface area contributed by atoms with E-state index in [1.165, 1.54) is 27.8 Å². The number of benzene rings is 1. The molecule has 3 heteroatoms. The minimum Gasteiger partial charge on any atom is -0.147 e. The van der Waals surface area contributed by atoms with E-state index in [2.05, 4.69) is 59.4 Å². The SMILES string of the molecule is CC1=Cc2c(C)ccc(C)c2[CH]1[Ti].Cl.Cl. The van der Waals surface area contributed by atoms with Crippen molar-refractivity contribution in [3.8, 4) is 0 Å². The summed E-state index contributed by atoms with van der Waals surface area (Å²) in [5, 5.41) is 0. The minimum atomic E-state index is 0. The normalized spacial score (nSPS) is 17.2. The predicted octanol–water partition coefficient (Wildman–Crippen LogP) is 4.15. The number of allylic oxidation sites excluding steroid dienone is 1. The van der Waals surface area contributed by atoms with Gasteiger partial charge >= 0.3 is 91.5 Å². The fourth-order valence-corrected chi connectivity index (χ4v) is 2.70. The summed E-state index contributed by atoms with van der Waals surface area (Å²) in [5.74, 6) is 0. The fraction of sp³-hybridized carbons (Fsp3) is 0.333. The maximum atomic E-state index is 2.34. The third-order valence-corrected chi connectivity index (χ3v) is 4.00. The van der Waals surface area contributed by atoms with Crippen molar-refractivity contribution in [3.63, 3.8) is 0 Å². The molecular weight excluding hydrogens is 263 g/mol. The topological polar surface area (TPSA) is 0 Å². The molecule has 81 valence electrons. The molecule has 15 heavy (non-hydrogen) atoms. The number of halogens is 2. The van der Waals surface area contributed by atoms with Crippen molar-refractivity contribution >= 4 is 30.9 Å². The second kappa shape index (κ2) is 5.54. The van der Waals surface area contributed by atoms with Crippen molar-refractivity contribution in [1.29, 1.82) is 0 Å². The van der Waals surface area contributed by atoms with Gasteiger partial charge < -0.3 is 0 Å². The van der Waals surface area contributed by atoms with Crippen LogP contribution in [0.5, 0.6) is 0 Å². The summed E-state index contributed by atoms with van der Waals surface area (Å²) >= 11 is 2.30. The van der Waals surface area contributed by atoms with E-state index in [1.54, 1.807) is 0 Å². The molecule has 0 radical (unpaired) electrons. The third kappa shape index (κ3) is 2.50. The third-order valence-electron chi connectivity index (χ3n) is 2.84.